The normalized spacial score (nSPS) is 17.0. The van der Waals surface area contributed by atoms with Crippen LogP contribution in [0, 0.1) is 0 Å². The third-order valence-electron chi connectivity index (χ3n) is 2.48. The summed E-state index contributed by atoms with van der Waals surface area (Å²) in [5.41, 5.74) is 0.0244. The van der Waals surface area contributed by atoms with Gasteiger partial charge in [0.1, 0.15) is 0 Å². The Kier molecular flexibility index (Phi) is 2.70. The van der Waals surface area contributed by atoms with Gasteiger partial charge in [0.05, 0.1) is 12.1 Å². The fourth-order valence-corrected chi connectivity index (χ4v) is 3.00. The molecular formula is C10H10N2O4S. The molecule has 0 atom stereocenters. The molecule has 7 heteroatoms. The molecule has 0 aliphatic carbocycles. The maximum Gasteiger partial charge on any atom is 0.285 e. The quantitative estimate of drug-likeness (QED) is 0.769. The number of carbonyl (C=O) groups is 2. The maximum absolute atomic E-state index is 11.9. The average Bonchev–Trinajstić information content (AvgIpc) is 2.51. The Bertz CT molecular complexity index is 594. The Hall–Kier alpha value is -1.76. The lowest BCUT2D eigenvalue weighted by molar-refractivity contribution is -0.118. The molecule has 0 saturated heterocycles. The Labute approximate surface area is 98.3 Å². The van der Waals surface area contributed by atoms with Crippen molar-refractivity contribution < 1.29 is 18.0 Å². The van der Waals surface area contributed by atoms with Crippen molar-refractivity contribution in [3.05, 3.63) is 23.9 Å². The molecule has 0 fully saturated rings. The molecule has 1 amide bonds. The molecule has 0 aromatic carbocycles. The van der Waals surface area contributed by atoms with E-state index in [2.05, 4.69) is 4.98 Å². The largest absolute Gasteiger partial charge is 0.298 e. The standard InChI is InChI=1S/C10H10N2O4S/c1-2-7(13)6-12-10(14)8-4-3-5-11-9(8)17(12,15)16/h3-5H,2,6H2,1H3. The summed E-state index contributed by atoms with van der Waals surface area (Å²) in [6.45, 7) is 1.19. The van der Waals surface area contributed by atoms with Crippen molar-refractivity contribution in [2.45, 2.75) is 18.4 Å². The highest BCUT2D eigenvalue weighted by molar-refractivity contribution is 7.90. The van der Waals surface area contributed by atoms with E-state index in [1.165, 1.54) is 18.3 Å². The summed E-state index contributed by atoms with van der Waals surface area (Å²) in [5, 5.41) is -0.270. The van der Waals surface area contributed by atoms with Crippen LogP contribution in [-0.2, 0) is 14.8 Å². The second kappa shape index (κ2) is 3.92. The first kappa shape index (κ1) is 11.7. The highest BCUT2D eigenvalue weighted by Gasteiger charge is 2.42. The molecule has 6 nitrogen and oxygen atoms in total. The van der Waals surface area contributed by atoms with Crippen molar-refractivity contribution in [1.29, 1.82) is 0 Å². The van der Waals surface area contributed by atoms with Gasteiger partial charge in [0, 0.05) is 12.6 Å². The second-order valence-corrected chi connectivity index (χ2v) is 5.34. The highest BCUT2D eigenvalue weighted by Crippen LogP contribution is 2.27. The predicted molar refractivity (Wildman–Crippen MR) is 57.8 cm³/mol. The number of pyridine rings is 1. The third kappa shape index (κ3) is 1.72. The van der Waals surface area contributed by atoms with Gasteiger partial charge in [-0.2, -0.15) is 8.42 Å². The van der Waals surface area contributed by atoms with Crippen LogP contribution in [0.3, 0.4) is 0 Å². The first-order valence-corrected chi connectivity index (χ1v) is 6.46. The van der Waals surface area contributed by atoms with Crippen LogP contribution in [0.5, 0.6) is 0 Å². The molecule has 2 rings (SSSR count). The smallest absolute Gasteiger partial charge is 0.285 e. The van der Waals surface area contributed by atoms with E-state index in [0.29, 0.717) is 4.31 Å². The van der Waals surface area contributed by atoms with Crippen LogP contribution in [0.2, 0.25) is 0 Å². The molecule has 17 heavy (non-hydrogen) atoms. The van der Waals surface area contributed by atoms with Gasteiger partial charge in [-0.3, -0.25) is 9.59 Å². The molecule has 0 spiro atoms. The van der Waals surface area contributed by atoms with Crippen LogP contribution in [0.15, 0.2) is 23.4 Å². The number of amides is 1. The minimum absolute atomic E-state index is 0.0244. The van der Waals surface area contributed by atoms with E-state index in [1.807, 2.05) is 0 Å². The van der Waals surface area contributed by atoms with Crippen LogP contribution in [-0.4, -0.2) is 35.9 Å². The van der Waals surface area contributed by atoms with Crippen molar-refractivity contribution in [1.82, 2.24) is 9.29 Å². The summed E-state index contributed by atoms with van der Waals surface area (Å²) >= 11 is 0. The van der Waals surface area contributed by atoms with Crippen LogP contribution >= 0.6 is 0 Å². The molecule has 0 unspecified atom stereocenters. The Morgan fingerprint density at radius 1 is 1.47 bits per heavy atom. The first-order chi connectivity index (χ1) is 7.98. The fourth-order valence-electron chi connectivity index (χ4n) is 1.54. The molecule has 1 aromatic heterocycles. The number of rotatable bonds is 3. The number of hydrogen-bond donors (Lipinski definition) is 0. The van der Waals surface area contributed by atoms with E-state index in [0.717, 1.165) is 0 Å². The van der Waals surface area contributed by atoms with Crippen molar-refractivity contribution in [2.75, 3.05) is 6.54 Å². The van der Waals surface area contributed by atoms with Gasteiger partial charge in [-0.15, -0.1) is 0 Å². The summed E-state index contributed by atoms with van der Waals surface area (Å²) in [6.07, 6.45) is 1.48. The van der Waals surface area contributed by atoms with Crippen molar-refractivity contribution in [2.24, 2.45) is 0 Å². The zero-order valence-corrected chi connectivity index (χ0v) is 9.90. The molecule has 2 heterocycles. The van der Waals surface area contributed by atoms with Gasteiger partial charge < -0.3 is 0 Å². The van der Waals surface area contributed by atoms with Gasteiger partial charge in [-0.25, -0.2) is 9.29 Å². The number of carbonyl (C=O) groups excluding carboxylic acids is 2. The van der Waals surface area contributed by atoms with Gasteiger partial charge >= 0.3 is 0 Å². The predicted octanol–water partition coefficient (Wildman–Crippen LogP) is 0.205. The van der Waals surface area contributed by atoms with Gasteiger partial charge in [-0.1, -0.05) is 6.92 Å². The Balaban J connectivity index is 2.48. The van der Waals surface area contributed by atoms with E-state index in [1.54, 1.807) is 6.92 Å². The molecule has 1 aliphatic rings. The molecule has 90 valence electrons. The number of sulfonamides is 1. The average molecular weight is 254 g/mol. The molecule has 1 aliphatic heterocycles. The summed E-state index contributed by atoms with van der Waals surface area (Å²) in [5.74, 6) is -0.996. The maximum atomic E-state index is 11.9. The lowest BCUT2D eigenvalue weighted by Crippen LogP contribution is -2.34. The highest BCUT2D eigenvalue weighted by atomic mass is 32.2. The molecule has 0 bridgehead atoms. The third-order valence-corrected chi connectivity index (χ3v) is 4.17. The second-order valence-electron chi connectivity index (χ2n) is 3.57. The number of aromatic nitrogens is 1. The summed E-state index contributed by atoms with van der Waals surface area (Å²) in [4.78, 5) is 26.8. The fraction of sp³-hybridized carbons (Fsp3) is 0.300. The van der Waals surface area contributed by atoms with E-state index < -0.39 is 22.5 Å². The topological polar surface area (TPSA) is 84.4 Å². The minimum atomic E-state index is -3.95. The zero-order valence-electron chi connectivity index (χ0n) is 9.08. The summed E-state index contributed by atoms with van der Waals surface area (Å²) < 4.78 is 24.5. The van der Waals surface area contributed by atoms with E-state index in [9.17, 15) is 18.0 Å². The number of Topliss-reactive ketones (excluding diaryl/α,β-unsaturated/α-hetero) is 1. The minimum Gasteiger partial charge on any atom is -0.298 e. The molecule has 0 saturated carbocycles. The van der Waals surface area contributed by atoms with Crippen molar-refractivity contribution in [3.63, 3.8) is 0 Å². The monoisotopic (exact) mass is 254 g/mol. The van der Waals surface area contributed by atoms with Crippen molar-refractivity contribution >= 4 is 21.7 Å². The molecule has 1 aromatic rings. The number of hydrogen-bond acceptors (Lipinski definition) is 5. The number of ketones is 1. The van der Waals surface area contributed by atoms with Crippen LogP contribution in [0.1, 0.15) is 23.7 Å². The Morgan fingerprint density at radius 3 is 2.76 bits per heavy atom. The Morgan fingerprint density at radius 2 is 2.18 bits per heavy atom. The molecular weight excluding hydrogens is 244 g/mol. The van der Waals surface area contributed by atoms with Gasteiger partial charge in [0.25, 0.3) is 15.9 Å². The number of fused-ring (bicyclic) bond motifs is 1. The van der Waals surface area contributed by atoms with Crippen LogP contribution < -0.4 is 0 Å². The lowest BCUT2D eigenvalue weighted by Gasteiger charge is -2.12. The molecule has 0 N–H and O–H groups in total. The van der Waals surface area contributed by atoms with E-state index in [-0.39, 0.29) is 22.8 Å². The first-order valence-electron chi connectivity index (χ1n) is 5.02. The number of nitrogens with zero attached hydrogens (tertiary/aromatic N) is 2. The van der Waals surface area contributed by atoms with Crippen LogP contribution in [0.4, 0.5) is 0 Å². The van der Waals surface area contributed by atoms with Gasteiger partial charge in [0.15, 0.2) is 10.8 Å². The zero-order chi connectivity index (χ0) is 12.6. The summed E-state index contributed by atoms with van der Waals surface area (Å²) in [7, 11) is -3.95. The molecule has 0 radical (unpaired) electrons. The lowest BCUT2D eigenvalue weighted by atomic mass is 10.2. The van der Waals surface area contributed by atoms with E-state index in [4.69, 9.17) is 0 Å². The van der Waals surface area contributed by atoms with Crippen molar-refractivity contribution in [3.8, 4) is 0 Å². The van der Waals surface area contributed by atoms with Gasteiger partial charge in [-0.05, 0) is 12.1 Å². The van der Waals surface area contributed by atoms with Gasteiger partial charge in [0.2, 0.25) is 0 Å². The SMILES string of the molecule is CCC(=O)CN1C(=O)c2cccnc2S1(=O)=O. The summed E-state index contributed by atoms with van der Waals surface area (Å²) in [6, 6.07) is 2.87. The van der Waals surface area contributed by atoms with E-state index >= 15 is 0 Å². The van der Waals surface area contributed by atoms with Crippen LogP contribution in [0.25, 0.3) is 0 Å².